The van der Waals surface area contributed by atoms with Crippen molar-refractivity contribution in [1.82, 2.24) is 0 Å². The molecular weight excluding hydrogens is 188 g/mol. The van der Waals surface area contributed by atoms with E-state index in [1.165, 1.54) is 12.8 Å². The molecule has 0 spiro atoms. The summed E-state index contributed by atoms with van der Waals surface area (Å²) in [5, 5.41) is 0. The van der Waals surface area contributed by atoms with Crippen molar-refractivity contribution in [3.8, 4) is 0 Å². The van der Waals surface area contributed by atoms with Crippen LogP contribution in [-0.4, -0.2) is 26.4 Å². The standard InChI is InChI=1S/C13H28O2/c1-12(2)6-5-8-14-10-11-15-9-7-13(3)4/h12-13H,5-11H2,1-4H3. The Morgan fingerprint density at radius 3 is 1.73 bits per heavy atom. The lowest BCUT2D eigenvalue weighted by Crippen LogP contribution is -2.07. The predicted molar refractivity (Wildman–Crippen MR) is 65.2 cm³/mol. The average Bonchev–Trinajstić information content (AvgIpc) is 2.14. The molecule has 0 amide bonds. The molecule has 0 aromatic carbocycles. The number of rotatable bonds is 10. The minimum atomic E-state index is 0.733. The highest BCUT2D eigenvalue weighted by Gasteiger charge is 1.95. The first kappa shape index (κ1) is 14.9. The maximum Gasteiger partial charge on any atom is 0.0700 e. The summed E-state index contributed by atoms with van der Waals surface area (Å²) in [5.74, 6) is 1.52. The Morgan fingerprint density at radius 1 is 0.667 bits per heavy atom. The molecule has 2 nitrogen and oxygen atoms in total. The zero-order chi connectivity index (χ0) is 11.5. The van der Waals surface area contributed by atoms with Crippen molar-refractivity contribution >= 4 is 0 Å². The van der Waals surface area contributed by atoms with Crippen molar-refractivity contribution in [2.45, 2.75) is 47.0 Å². The van der Waals surface area contributed by atoms with Crippen LogP contribution in [-0.2, 0) is 9.47 Å². The summed E-state index contributed by atoms with van der Waals surface area (Å²) in [4.78, 5) is 0. The Hall–Kier alpha value is -0.0800. The number of hydrogen-bond donors (Lipinski definition) is 0. The molecule has 0 aliphatic heterocycles. The smallest absolute Gasteiger partial charge is 0.0700 e. The average molecular weight is 216 g/mol. The van der Waals surface area contributed by atoms with Crippen molar-refractivity contribution in [2.24, 2.45) is 11.8 Å². The Balaban J connectivity index is 2.93. The van der Waals surface area contributed by atoms with Gasteiger partial charge in [0.2, 0.25) is 0 Å². The fourth-order valence-electron chi connectivity index (χ4n) is 1.23. The van der Waals surface area contributed by atoms with E-state index in [9.17, 15) is 0 Å². The van der Waals surface area contributed by atoms with Crippen LogP contribution in [0.1, 0.15) is 47.0 Å². The van der Waals surface area contributed by atoms with Crippen LogP contribution >= 0.6 is 0 Å². The Bertz CT molecular complexity index is 108. The molecule has 92 valence electrons. The van der Waals surface area contributed by atoms with Crippen LogP contribution in [0.15, 0.2) is 0 Å². The van der Waals surface area contributed by atoms with E-state index in [2.05, 4.69) is 27.7 Å². The van der Waals surface area contributed by atoms with Crippen molar-refractivity contribution < 1.29 is 9.47 Å². The molecule has 0 aromatic rings. The predicted octanol–water partition coefficient (Wildman–Crippen LogP) is 3.50. The molecule has 0 heterocycles. The van der Waals surface area contributed by atoms with Gasteiger partial charge in [0.05, 0.1) is 13.2 Å². The van der Waals surface area contributed by atoms with Gasteiger partial charge < -0.3 is 9.47 Å². The zero-order valence-corrected chi connectivity index (χ0v) is 10.9. The molecule has 0 fully saturated rings. The third kappa shape index (κ3) is 13.9. The second kappa shape index (κ2) is 10.4. The lowest BCUT2D eigenvalue weighted by atomic mass is 10.1. The minimum Gasteiger partial charge on any atom is -0.379 e. The third-order valence-corrected chi connectivity index (χ3v) is 2.28. The van der Waals surface area contributed by atoms with E-state index in [1.54, 1.807) is 0 Å². The molecule has 0 bridgehead atoms. The van der Waals surface area contributed by atoms with Crippen LogP contribution in [0, 0.1) is 11.8 Å². The van der Waals surface area contributed by atoms with E-state index in [1.807, 2.05) is 0 Å². The monoisotopic (exact) mass is 216 g/mol. The molecule has 0 radical (unpaired) electrons. The fraction of sp³-hybridized carbons (Fsp3) is 1.00. The van der Waals surface area contributed by atoms with Crippen LogP contribution in [0.2, 0.25) is 0 Å². The first-order valence-electron chi connectivity index (χ1n) is 6.28. The second-order valence-electron chi connectivity index (χ2n) is 4.94. The molecule has 2 heteroatoms. The van der Waals surface area contributed by atoms with Gasteiger partial charge in [0.15, 0.2) is 0 Å². The molecule has 0 rings (SSSR count). The Kier molecular flexibility index (Phi) is 10.4. The lowest BCUT2D eigenvalue weighted by molar-refractivity contribution is 0.0421. The first-order valence-corrected chi connectivity index (χ1v) is 6.28. The summed E-state index contributed by atoms with van der Waals surface area (Å²) in [6, 6.07) is 0. The Morgan fingerprint density at radius 2 is 1.20 bits per heavy atom. The highest BCUT2D eigenvalue weighted by molar-refractivity contribution is 4.45. The summed E-state index contributed by atoms with van der Waals surface area (Å²) in [6.45, 7) is 12.2. The van der Waals surface area contributed by atoms with Crippen molar-refractivity contribution in [3.05, 3.63) is 0 Å². The van der Waals surface area contributed by atoms with E-state index < -0.39 is 0 Å². The normalized spacial score (nSPS) is 11.6. The van der Waals surface area contributed by atoms with Crippen LogP contribution in [0.25, 0.3) is 0 Å². The molecule has 0 unspecified atom stereocenters. The summed E-state index contributed by atoms with van der Waals surface area (Å²) < 4.78 is 10.9. The molecule has 0 saturated carbocycles. The first-order chi connectivity index (χ1) is 7.13. The van der Waals surface area contributed by atoms with Gasteiger partial charge in [0, 0.05) is 13.2 Å². The van der Waals surface area contributed by atoms with Gasteiger partial charge in [-0.15, -0.1) is 0 Å². The van der Waals surface area contributed by atoms with E-state index >= 15 is 0 Å². The van der Waals surface area contributed by atoms with Gasteiger partial charge in [0.25, 0.3) is 0 Å². The number of hydrogen-bond acceptors (Lipinski definition) is 2. The fourth-order valence-corrected chi connectivity index (χ4v) is 1.23. The summed E-state index contributed by atoms with van der Waals surface area (Å²) >= 11 is 0. The summed E-state index contributed by atoms with van der Waals surface area (Å²) in [5.41, 5.74) is 0. The van der Waals surface area contributed by atoms with Gasteiger partial charge in [-0.25, -0.2) is 0 Å². The summed E-state index contributed by atoms with van der Waals surface area (Å²) in [7, 11) is 0. The zero-order valence-electron chi connectivity index (χ0n) is 10.9. The molecule has 15 heavy (non-hydrogen) atoms. The topological polar surface area (TPSA) is 18.5 Å². The van der Waals surface area contributed by atoms with Crippen molar-refractivity contribution in [3.63, 3.8) is 0 Å². The lowest BCUT2D eigenvalue weighted by Gasteiger charge is -2.08. The van der Waals surface area contributed by atoms with Gasteiger partial charge in [-0.3, -0.25) is 0 Å². The van der Waals surface area contributed by atoms with E-state index in [4.69, 9.17) is 9.47 Å². The molecular formula is C13H28O2. The van der Waals surface area contributed by atoms with Crippen LogP contribution < -0.4 is 0 Å². The third-order valence-electron chi connectivity index (χ3n) is 2.28. The largest absolute Gasteiger partial charge is 0.379 e. The SMILES string of the molecule is CC(C)CCCOCCOCCC(C)C. The quantitative estimate of drug-likeness (QED) is 0.520. The minimum absolute atomic E-state index is 0.733. The highest BCUT2D eigenvalue weighted by atomic mass is 16.5. The van der Waals surface area contributed by atoms with E-state index in [0.29, 0.717) is 0 Å². The molecule has 0 aliphatic carbocycles. The van der Waals surface area contributed by atoms with Crippen LogP contribution in [0.4, 0.5) is 0 Å². The van der Waals surface area contributed by atoms with Gasteiger partial charge in [-0.1, -0.05) is 27.7 Å². The maximum absolute atomic E-state index is 5.47. The molecule has 0 atom stereocenters. The Labute approximate surface area is 95.3 Å². The van der Waals surface area contributed by atoms with Gasteiger partial charge in [0.1, 0.15) is 0 Å². The van der Waals surface area contributed by atoms with Crippen molar-refractivity contribution in [2.75, 3.05) is 26.4 Å². The second-order valence-corrected chi connectivity index (χ2v) is 4.94. The molecule has 0 aliphatic rings. The van der Waals surface area contributed by atoms with Crippen LogP contribution in [0.3, 0.4) is 0 Å². The molecule has 0 saturated heterocycles. The van der Waals surface area contributed by atoms with Crippen molar-refractivity contribution in [1.29, 1.82) is 0 Å². The summed E-state index contributed by atoms with van der Waals surface area (Å²) in [6.07, 6.45) is 3.57. The molecule has 0 N–H and O–H groups in total. The number of ether oxygens (including phenoxy) is 2. The van der Waals surface area contributed by atoms with E-state index in [-0.39, 0.29) is 0 Å². The van der Waals surface area contributed by atoms with Gasteiger partial charge in [-0.05, 0) is 31.1 Å². The molecule has 0 aromatic heterocycles. The highest BCUT2D eigenvalue weighted by Crippen LogP contribution is 2.03. The van der Waals surface area contributed by atoms with Gasteiger partial charge in [-0.2, -0.15) is 0 Å². The van der Waals surface area contributed by atoms with E-state index in [0.717, 1.165) is 44.7 Å². The maximum atomic E-state index is 5.47. The van der Waals surface area contributed by atoms with Crippen LogP contribution in [0.5, 0.6) is 0 Å². The van der Waals surface area contributed by atoms with Gasteiger partial charge >= 0.3 is 0 Å².